The average molecular weight is 415 g/mol. The molecule has 4 nitrogen and oxygen atoms in total. The number of halogens is 1. The number of hydrogen-bond donors (Lipinski definition) is 0. The Labute approximate surface area is 154 Å². The molecule has 1 aromatic carbocycles. The largest absolute Gasteiger partial charge is 0.303 e. The molecular formula is C18H27BrN2O2S. The Hall–Kier alpha value is -0.430. The second kappa shape index (κ2) is 7.85. The lowest BCUT2D eigenvalue weighted by molar-refractivity contribution is 0.142. The summed E-state index contributed by atoms with van der Waals surface area (Å²) in [4.78, 5) is 2.97. The number of nitrogens with zero attached hydrogens (tertiary/aromatic N) is 2. The summed E-state index contributed by atoms with van der Waals surface area (Å²) in [6.07, 6.45) is 4.55. The molecule has 0 bridgehead atoms. The van der Waals surface area contributed by atoms with Crippen LogP contribution in [0.25, 0.3) is 0 Å². The molecule has 6 heteroatoms. The van der Waals surface area contributed by atoms with Gasteiger partial charge in [-0.15, -0.1) is 0 Å². The fourth-order valence-corrected chi connectivity index (χ4v) is 5.43. The Bertz CT molecular complexity index is 631. The third-order valence-electron chi connectivity index (χ3n) is 5.42. The van der Waals surface area contributed by atoms with Gasteiger partial charge in [-0.1, -0.05) is 22.9 Å². The van der Waals surface area contributed by atoms with Crippen molar-refractivity contribution in [3.05, 3.63) is 28.7 Å². The van der Waals surface area contributed by atoms with Gasteiger partial charge in [0.05, 0.1) is 4.90 Å². The van der Waals surface area contributed by atoms with Crippen LogP contribution in [0.1, 0.15) is 32.6 Å². The minimum atomic E-state index is -3.34. The van der Waals surface area contributed by atoms with Crippen LogP contribution < -0.4 is 0 Å². The molecule has 0 aromatic heterocycles. The predicted octanol–water partition coefficient (Wildman–Crippen LogP) is 3.58. The van der Waals surface area contributed by atoms with E-state index in [4.69, 9.17) is 0 Å². The second-order valence-corrected chi connectivity index (χ2v) is 10.1. The van der Waals surface area contributed by atoms with E-state index in [1.807, 2.05) is 0 Å². The van der Waals surface area contributed by atoms with Crippen LogP contribution in [-0.4, -0.2) is 50.3 Å². The molecule has 2 heterocycles. The van der Waals surface area contributed by atoms with Crippen molar-refractivity contribution in [2.75, 3.05) is 32.7 Å². The highest BCUT2D eigenvalue weighted by Gasteiger charge is 2.30. The topological polar surface area (TPSA) is 40.6 Å². The number of sulfonamides is 1. The number of piperidine rings is 2. The molecule has 0 N–H and O–H groups in total. The van der Waals surface area contributed by atoms with Gasteiger partial charge in [0, 0.05) is 24.1 Å². The summed E-state index contributed by atoms with van der Waals surface area (Å²) in [5, 5.41) is 0. The van der Waals surface area contributed by atoms with Crippen molar-refractivity contribution >= 4 is 26.0 Å². The standard InChI is InChI=1S/C18H27BrN2O2S/c1-15-6-10-20(11-7-15)14-16-8-12-21(13-9-16)24(22,23)18-4-2-17(19)3-5-18/h2-5,15-16H,6-14H2,1H3. The van der Waals surface area contributed by atoms with Crippen LogP contribution in [0.2, 0.25) is 0 Å². The highest BCUT2D eigenvalue weighted by atomic mass is 79.9. The van der Waals surface area contributed by atoms with Gasteiger partial charge in [-0.2, -0.15) is 4.31 Å². The SMILES string of the molecule is CC1CCN(CC2CCN(S(=O)(=O)c3ccc(Br)cc3)CC2)CC1. The Balaban J connectivity index is 1.53. The number of likely N-dealkylation sites (tertiary alicyclic amines) is 1. The number of hydrogen-bond acceptors (Lipinski definition) is 3. The molecule has 0 aliphatic carbocycles. The lowest BCUT2D eigenvalue weighted by atomic mass is 9.94. The maximum absolute atomic E-state index is 12.7. The molecule has 0 amide bonds. The monoisotopic (exact) mass is 414 g/mol. The van der Waals surface area contributed by atoms with Crippen LogP contribution in [0.3, 0.4) is 0 Å². The van der Waals surface area contributed by atoms with E-state index in [2.05, 4.69) is 27.8 Å². The van der Waals surface area contributed by atoms with E-state index in [1.54, 1.807) is 28.6 Å². The molecule has 1 aromatic rings. The lowest BCUT2D eigenvalue weighted by Gasteiger charge is -2.36. The van der Waals surface area contributed by atoms with Crippen molar-refractivity contribution < 1.29 is 8.42 Å². The zero-order valence-electron chi connectivity index (χ0n) is 14.3. The molecule has 2 saturated heterocycles. The number of rotatable bonds is 4. The summed E-state index contributed by atoms with van der Waals surface area (Å²) in [7, 11) is -3.34. The first-order chi connectivity index (χ1) is 11.4. The van der Waals surface area contributed by atoms with Crippen LogP contribution >= 0.6 is 15.9 Å². The van der Waals surface area contributed by atoms with Crippen molar-refractivity contribution in [2.45, 2.75) is 37.5 Å². The Morgan fingerprint density at radius 1 is 1.00 bits per heavy atom. The zero-order chi connectivity index (χ0) is 17.2. The minimum absolute atomic E-state index is 0.397. The first-order valence-corrected chi connectivity index (χ1v) is 11.2. The van der Waals surface area contributed by atoms with Crippen molar-refractivity contribution in [3.8, 4) is 0 Å². The lowest BCUT2D eigenvalue weighted by Crippen LogP contribution is -2.43. The quantitative estimate of drug-likeness (QED) is 0.755. The van der Waals surface area contributed by atoms with Gasteiger partial charge in [-0.05, 0) is 74.9 Å². The van der Waals surface area contributed by atoms with Gasteiger partial charge in [0.25, 0.3) is 0 Å². The Morgan fingerprint density at radius 2 is 1.58 bits per heavy atom. The van der Waals surface area contributed by atoms with E-state index in [-0.39, 0.29) is 0 Å². The first kappa shape index (κ1) is 18.4. The number of benzene rings is 1. The third-order valence-corrected chi connectivity index (χ3v) is 7.86. The summed E-state index contributed by atoms with van der Waals surface area (Å²) in [6.45, 7) is 7.18. The van der Waals surface area contributed by atoms with Gasteiger partial charge < -0.3 is 4.90 Å². The Morgan fingerprint density at radius 3 is 2.17 bits per heavy atom. The molecular weight excluding hydrogens is 388 g/mol. The van der Waals surface area contributed by atoms with Gasteiger partial charge in [-0.3, -0.25) is 0 Å². The highest BCUT2D eigenvalue weighted by molar-refractivity contribution is 9.10. The van der Waals surface area contributed by atoms with Crippen molar-refractivity contribution in [3.63, 3.8) is 0 Å². The Kier molecular flexibility index (Phi) is 6.01. The van der Waals surface area contributed by atoms with Crippen LogP contribution in [-0.2, 0) is 10.0 Å². The normalized spacial score (nSPS) is 22.8. The summed E-state index contributed by atoms with van der Waals surface area (Å²) in [5.41, 5.74) is 0. The van der Waals surface area contributed by atoms with Gasteiger partial charge in [0.1, 0.15) is 0 Å². The van der Waals surface area contributed by atoms with Crippen LogP contribution in [0, 0.1) is 11.8 Å². The van der Waals surface area contributed by atoms with Gasteiger partial charge in [0.2, 0.25) is 10.0 Å². The zero-order valence-corrected chi connectivity index (χ0v) is 16.7. The average Bonchev–Trinajstić information content (AvgIpc) is 2.58. The molecule has 0 spiro atoms. The van der Waals surface area contributed by atoms with Crippen molar-refractivity contribution in [1.29, 1.82) is 0 Å². The molecule has 3 rings (SSSR count). The molecule has 2 aliphatic rings. The third kappa shape index (κ3) is 4.40. The van der Waals surface area contributed by atoms with Gasteiger partial charge in [0.15, 0.2) is 0 Å². The first-order valence-electron chi connectivity index (χ1n) is 8.93. The molecule has 2 fully saturated rings. The second-order valence-electron chi connectivity index (χ2n) is 7.28. The summed E-state index contributed by atoms with van der Waals surface area (Å²) >= 11 is 3.35. The summed E-state index contributed by atoms with van der Waals surface area (Å²) in [6, 6.07) is 6.94. The van der Waals surface area contributed by atoms with Gasteiger partial charge >= 0.3 is 0 Å². The van der Waals surface area contributed by atoms with E-state index in [0.717, 1.165) is 29.8 Å². The molecule has 2 aliphatic heterocycles. The molecule has 0 radical (unpaired) electrons. The van der Waals surface area contributed by atoms with Crippen molar-refractivity contribution in [2.24, 2.45) is 11.8 Å². The molecule has 0 saturated carbocycles. The molecule has 0 atom stereocenters. The summed E-state index contributed by atoms with van der Waals surface area (Å²) < 4.78 is 28.0. The molecule has 24 heavy (non-hydrogen) atoms. The van der Waals surface area contributed by atoms with E-state index in [1.165, 1.54) is 25.9 Å². The van der Waals surface area contributed by atoms with Crippen LogP contribution in [0.15, 0.2) is 33.6 Å². The molecule has 134 valence electrons. The highest BCUT2D eigenvalue weighted by Crippen LogP contribution is 2.26. The van der Waals surface area contributed by atoms with E-state index >= 15 is 0 Å². The maximum Gasteiger partial charge on any atom is 0.243 e. The molecule has 0 unspecified atom stereocenters. The van der Waals surface area contributed by atoms with E-state index in [9.17, 15) is 8.42 Å². The van der Waals surface area contributed by atoms with Crippen LogP contribution in [0.5, 0.6) is 0 Å². The fraction of sp³-hybridized carbons (Fsp3) is 0.667. The van der Waals surface area contributed by atoms with E-state index < -0.39 is 10.0 Å². The van der Waals surface area contributed by atoms with E-state index in [0.29, 0.717) is 23.9 Å². The smallest absolute Gasteiger partial charge is 0.243 e. The van der Waals surface area contributed by atoms with Crippen molar-refractivity contribution in [1.82, 2.24) is 9.21 Å². The maximum atomic E-state index is 12.7. The predicted molar refractivity (Wildman–Crippen MR) is 100 cm³/mol. The van der Waals surface area contributed by atoms with Crippen LogP contribution in [0.4, 0.5) is 0 Å². The van der Waals surface area contributed by atoms with Gasteiger partial charge in [-0.25, -0.2) is 8.42 Å². The minimum Gasteiger partial charge on any atom is -0.303 e. The summed E-state index contributed by atoms with van der Waals surface area (Å²) in [5.74, 6) is 1.49. The fourth-order valence-electron chi connectivity index (χ4n) is 3.70.